The largest absolute Gasteiger partial charge is 0.290 e. The Morgan fingerprint density at radius 3 is 2.50 bits per heavy atom. The number of rotatable bonds is 0. The number of benzene rings is 2. The summed E-state index contributed by atoms with van der Waals surface area (Å²) < 4.78 is 3.42. The summed E-state index contributed by atoms with van der Waals surface area (Å²) in [6, 6.07) is 22.5. The van der Waals surface area contributed by atoms with E-state index in [2.05, 4.69) is 46.7 Å². The van der Waals surface area contributed by atoms with Crippen molar-refractivity contribution in [1.29, 1.82) is 0 Å². The van der Waals surface area contributed by atoms with Gasteiger partial charge in [-0.05, 0) is 30.3 Å². The van der Waals surface area contributed by atoms with Gasteiger partial charge in [-0.15, -0.1) is 11.3 Å². The first-order chi connectivity index (χ1) is 11.9. The van der Waals surface area contributed by atoms with Crippen molar-refractivity contribution in [2.45, 2.75) is 0 Å². The summed E-state index contributed by atoms with van der Waals surface area (Å²) >= 11 is 1.77. The first-order valence-corrected chi connectivity index (χ1v) is 8.56. The van der Waals surface area contributed by atoms with E-state index in [0.29, 0.717) is 0 Å². The molecule has 0 amide bonds. The summed E-state index contributed by atoms with van der Waals surface area (Å²) in [4.78, 5) is 5.96. The molecule has 0 unspecified atom stereocenters. The van der Waals surface area contributed by atoms with Gasteiger partial charge in [-0.2, -0.15) is 0 Å². The minimum Gasteiger partial charge on any atom is -0.290 e. The summed E-state index contributed by atoms with van der Waals surface area (Å²) in [5, 5.41) is 1.22. The molecule has 5 aromatic rings. The van der Waals surface area contributed by atoms with Gasteiger partial charge in [0.1, 0.15) is 16.0 Å². The van der Waals surface area contributed by atoms with E-state index in [0.717, 1.165) is 22.3 Å². The number of pyridine rings is 1. The number of nitrogens with zero attached hydrogens (tertiary/aromatic N) is 2. The highest BCUT2D eigenvalue weighted by Crippen LogP contribution is 2.33. The van der Waals surface area contributed by atoms with Crippen LogP contribution in [0.2, 0.25) is 0 Å². The normalized spacial score (nSPS) is 11.0. The standard InChI is InChI=1S/C21H12N2S/c1-2-6-15(7-3-1)10-11-16-12-13-19-22-20-17-8-4-5-9-18(17)24-21(20)23(19)14-16/h1-9,12-14H. The highest BCUT2D eigenvalue weighted by molar-refractivity contribution is 7.25. The molecule has 0 saturated heterocycles. The molecule has 2 nitrogen and oxygen atoms in total. The van der Waals surface area contributed by atoms with Crippen LogP contribution < -0.4 is 0 Å². The van der Waals surface area contributed by atoms with Gasteiger partial charge in [0.15, 0.2) is 0 Å². The molecule has 0 fully saturated rings. The molecule has 0 aliphatic rings. The Morgan fingerprint density at radius 1 is 0.792 bits per heavy atom. The Bertz CT molecular complexity index is 1250. The average molecular weight is 324 g/mol. The molecule has 3 aromatic heterocycles. The molecule has 0 spiro atoms. The van der Waals surface area contributed by atoms with Crippen molar-refractivity contribution in [3.05, 3.63) is 84.1 Å². The zero-order chi connectivity index (χ0) is 15.9. The molecule has 0 radical (unpaired) electrons. The van der Waals surface area contributed by atoms with E-state index in [4.69, 9.17) is 4.98 Å². The van der Waals surface area contributed by atoms with Crippen LogP contribution in [0.3, 0.4) is 0 Å². The summed E-state index contributed by atoms with van der Waals surface area (Å²) in [6.07, 6.45) is 2.08. The van der Waals surface area contributed by atoms with Crippen LogP contribution in [-0.2, 0) is 0 Å². The van der Waals surface area contributed by atoms with Crippen molar-refractivity contribution < 1.29 is 0 Å². The SMILES string of the molecule is C(#Cc1ccc2nc3c4ccccc4sc3n2c1)c1ccccc1. The molecular weight excluding hydrogens is 312 g/mol. The Labute approximate surface area is 143 Å². The van der Waals surface area contributed by atoms with Crippen molar-refractivity contribution in [3.8, 4) is 11.8 Å². The van der Waals surface area contributed by atoms with Crippen LogP contribution in [0.15, 0.2) is 72.9 Å². The van der Waals surface area contributed by atoms with Crippen LogP contribution in [-0.4, -0.2) is 9.38 Å². The van der Waals surface area contributed by atoms with Gasteiger partial charge in [0.2, 0.25) is 0 Å². The maximum Gasteiger partial charge on any atom is 0.138 e. The summed E-state index contributed by atoms with van der Waals surface area (Å²) in [7, 11) is 0. The molecular formula is C21H12N2S. The fraction of sp³-hybridized carbons (Fsp3) is 0. The van der Waals surface area contributed by atoms with E-state index in [-0.39, 0.29) is 0 Å². The predicted molar refractivity (Wildman–Crippen MR) is 101 cm³/mol. The summed E-state index contributed by atoms with van der Waals surface area (Å²) in [5.74, 6) is 6.46. The molecule has 0 atom stereocenters. The van der Waals surface area contributed by atoms with Crippen molar-refractivity contribution in [2.24, 2.45) is 0 Å². The van der Waals surface area contributed by atoms with Crippen LogP contribution in [0.5, 0.6) is 0 Å². The maximum atomic E-state index is 4.79. The van der Waals surface area contributed by atoms with Gasteiger partial charge in [0.25, 0.3) is 0 Å². The predicted octanol–water partition coefficient (Wildman–Crippen LogP) is 5.10. The van der Waals surface area contributed by atoms with Gasteiger partial charge in [-0.25, -0.2) is 4.98 Å². The highest BCUT2D eigenvalue weighted by atomic mass is 32.1. The molecule has 24 heavy (non-hydrogen) atoms. The summed E-state index contributed by atoms with van der Waals surface area (Å²) in [5.41, 5.74) is 4.05. The number of fused-ring (bicyclic) bond motifs is 5. The lowest BCUT2D eigenvalue weighted by Crippen LogP contribution is -1.85. The third-order valence-corrected chi connectivity index (χ3v) is 5.21. The third kappa shape index (κ3) is 2.09. The van der Waals surface area contributed by atoms with Gasteiger partial charge < -0.3 is 0 Å². The van der Waals surface area contributed by atoms with Crippen LogP contribution in [0.4, 0.5) is 0 Å². The average Bonchev–Trinajstić information content (AvgIpc) is 3.17. The molecule has 2 aromatic carbocycles. The molecule has 0 bridgehead atoms. The number of hydrogen-bond acceptors (Lipinski definition) is 2. The first kappa shape index (κ1) is 13.4. The molecule has 0 aliphatic carbocycles. The second-order valence-electron chi connectivity index (χ2n) is 5.63. The lowest BCUT2D eigenvalue weighted by molar-refractivity contribution is 1.23. The van der Waals surface area contributed by atoms with Crippen LogP contribution in [0.1, 0.15) is 11.1 Å². The Morgan fingerprint density at radius 2 is 1.58 bits per heavy atom. The van der Waals surface area contributed by atoms with Crippen LogP contribution >= 0.6 is 11.3 Å². The van der Waals surface area contributed by atoms with Gasteiger partial charge in [-0.3, -0.25) is 4.40 Å². The van der Waals surface area contributed by atoms with Gasteiger partial charge in [-0.1, -0.05) is 48.2 Å². The van der Waals surface area contributed by atoms with Crippen molar-refractivity contribution in [1.82, 2.24) is 9.38 Å². The minimum atomic E-state index is 0.965. The van der Waals surface area contributed by atoms with Gasteiger partial charge in [0, 0.05) is 27.4 Å². The van der Waals surface area contributed by atoms with Crippen molar-refractivity contribution in [2.75, 3.05) is 0 Å². The molecule has 0 N–H and O–H groups in total. The molecule has 5 rings (SSSR count). The Balaban J connectivity index is 1.69. The fourth-order valence-corrected chi connectivity index (χ4v) is 4.02. The second kappa shape index (κ2) is 5.23. The summed E-state index contributed by atoms with van der Waals surface area (Å²) in [6.45, 7) is 0. The van der Waals surface area contributed by atoms with Crippen molar-refractivity contribution >= 4 is 37.4 Å². The number of hydrogen-bond donors (Lipinski definition) is 0. The topological polar surface area (TPSA) is 17.3 Å². The van der Waals surface area contributed by atoms with E-state index in [1.54, 1.807) is 11.3 Å². The number of imidazole rings is 1. The molecule has 0 saturated carbocycles. The minimum absolute atomic E-state index is 0.965. The number of aromatic nitrogens is 2. The van der Waals surface area contributed by atoms with E-state index in [1.807, 2.05) is 42.5 Å². The molecule has 3 heterocycles. The van der Waals surface area contributed by atoms with Gasteiger partial charge in [0.05, 0.1) is 0 Å². The third-order valence-electron chi connectivity index (χ3n) is 4.05. The van der Waals surface area contributed by atoms with Crippen LogP contribution in [0, 0.1) is 11.8 Å². The highest BCUT2D eigenvalue weighted by Gasteiger charge is 2.11. The zero-order valence-electron chi connectivity index (χ0n) is 12.7. The Hall–Kier alpha value is -3.09. The molecule has 3 heteroatoms. The lowest BCUT2D eigenvalue weighted by atomic mass is 10.2. The maximum absolute atomic E-state index is 4.79. The van der Waals surface area contributed by atoms with E-state index >= 15 is 0 Å². The monoisotopic (exact) mass is 324 g/mol. The molecule has 0 aliphatic heterocycles. The smallest absolute Gasteiger partial charge is 0.138 e. The van der Waals surface area contributed by atoms with Crippen molar-refractivity contribution in [3.63, 3.8) is 0 Å². The zero-order valence-corrected chi connectivity index (χ0v) is 13.5. The lowest BCUT2D eigenvalue weighted by Gasteiger charge is -1.95. The quantitative estimate of drug-likeness (QED) is 0.362. The van der Waals surface area contributed by atoms with E-state index in [9.17, 15) is 0 Å². The van der Waals surface area contributed by atoms with E-state index < -0.39 is 0 Å². The van der Waals surface area contributed by atoms with Crippen LogP contribution in [0.25, 0.3) is 26.1 Å². The van der Waals surface area contributed by atoms with E-state index in [1.165, 1.54) is 14.9 Å². The molecule has 112 valence electrons. The van der Waals surface area contributed by atoms with Gasteiger partial charge >= 0.3 is 0 Å². The Kier molecular flexibility index (Phi) is 2.91. The second-order valence-corrected chi connectivity index (χ2v) is 6.66. The fourth-order valence-electron chi connectivity index (χ4n) is 2.89. The first-order valence-electron chi connectivity index (χ1n) is 7.75. The number of thiophene rings is 1.